The van der Waals surface area contributed by atoms with Gasteiger partial charge in [0.05, 0.1) is 5.56 Å². The summed E-state index contributed by atoms with van der Waals surface area (Å²) in [6.07, 6.45) is -6.49. The zero-order valence-corrected chi connectivity index (χ0v) is 13.8. The van der Waals surface area contributed by atoms with E-state index < -0.39 is 40.4 Å². The Morgan fingerprint density at radius 1 is 1.14 bits per heavy atom. The maximum Gasteiger partial charge on any atom is 0.452 e. The molecule has 1 fully saturated rings. The van der Waals surface area contributed by atoms with Gasteiger partial charge in [-0.25, -0.2) is 9.59 Å². The van der Waals surface area contributed by atoms with Crippen molar-refractivity contribution in [3.05, 3.63) is 40.2 Å². The van der Waals surface area contributed by atoms with Crippen LogP contribution in [-0.4, -0.2) is 38.4 Å². The van der Waals surface area contributed by atoms with Crippen LogP contribution in [0.4, 0.5) is 23.7 Å². The molecule has 4 N–H and O–H groups in total. The third kappa shape index (κ3) is 4.37. The molecular formula is C15H12F3N3O7. The van der Waals surface area contributed by atoms with E-state index in [0.717, 1.165) is 0 Å². The molecule has 3 amide bonds. The summed E-state index contributed by atoms with van der Waals surface area (Å²) in [5.74, 6) is -1.44. The molecule has 1 aliphatic rings. The SMILES string of the molecule is Nc1ccc2c(C(F)(F)F)cc(=O)oc2c1.O=C(O)N(O)N1C(=O)CCC1=O. The number of hydrogen-bond donors (Lipinski definition) is 3. The Bertz CT molecular complexity index is 987. The van der Waals surface area contributed by atoms with Gasteiger partial charge in [0.25, 0.3) is 11.8 Å². The molecular weight excluding hydrogens is 391 g/mol. The average molecular weight is 403 g/mol. The van der Waals surface area contributed by atoms with Crippen LogP contribution in [0.25, 0.3) is 11.0 Å². The lowest BCUT2D eigenvalue weighted by Gasteiger charge is -2.19. The predicted molar refractivity (Wildman–Crippen MR) is 84.6 cm³/mol. The topological polar surface area (TPSA) is 154 Å². The number of imide groups is 1. The minimum atomic E-state index is -4.59. The molecule has 1 saturated heterocycles. The summed E-state index contributed by atoms with van der Waals surface area (Å²) in [7, 11) is 0. The number of anilines is 1. The Morgan fingerprint density at radius 2 is 1.71 bits per heavy atom. The number of nitrogen functional groups attached to an aromatic ring is 1. The third-order valence-corrected chi connectivity index (χ3v) is 3.46. The number of hydrogen-bond acceptors (Lipinski definition) is 7. The van der Waals surface area contributed by atoms with Crippen molar-refractivity contribution in [2.24, 2.45) is 0 Å². The molecule has 13 heteroatoms. The summed E-state index contributed by atoms with van der Waals surface area (Å²) >= 11 is 0. The number of hydroxylamine groups is 1. The molecule has 0 saturated carbocycles. The molecule has 0 unspecified atom stereocenters. The fourth-order valence-corrected chi connectivity index (χ4v) is 2.28. The number of amides is 3. The Kier molecular flexibility index (Phi) is 5.59. The lowest BCUT2D eigenvalue weighted by Crippen LogP contribution is -2.46. The van der Waals surface area contributed by atoms with Crippen molar-refractivity contribution in [1.29, 1.82) is 0 Å². The number of nitrogens with two attached hydrogens (primary N) is 1. The fourth-order valence-electron chi connectivity index (χ4n) is 2.28. The largest absolute Gasteiger partial charge is 0.462 e. The monoisotopic (exact) mass is 403 g/mol. The summed E-state index contributed by atoms with van der Waals surface area (Å²) in [5.41, 5.74) is 3.39. The first-order chi connectivity index (χ1) is 12.9. The number of rotatable bonds is 1. The number of benzene rings is 1. The van der Waals surface area contributed by atoms with Crippen molar-refractivity contribution in [2.75, 3.05) is 5.73 Å². The number of carboxylic acid groups (broad SMARTS) is 1. The first-order valence-electron chi connectivity index (χ1n) is 7.40. The minimum Gasteiger partial charge on any atom is -0.462 e. The molecule has 0 atom stereocenters. The second kappa shape index (κ2) is 7.56. The van der Waals surface area contributed by atoms with E-state index in [1.165, 1.54) is 18.2 Å². The number of nitrogens with zero attached hydrogens (tertiary/aromatic N) is 2. The second-order valence-electron chi connectivity index (χ2n) is 5.40. The van der Waals surface area contributed by atoms with Gasteiger partial charge in [0.1, 0.15) is 5.58 Å². The third-order valence-electron chi connectivity index (χ3n) is 3.46. The average Bonchev–Trinajstić information content (AvgIpc) is 2.91. The van der Waals surface area contributed by atoms with Gasteiger partial charge in [0.15, 0.2) is 0 Å². The lowest BCUT2D eigenvalue weighted by atomic mass is 10.1. The van der Waals surface area contributed by atoms with E-state index in [1.54, 1.807) is 0 Å². The van der Waals surface area contributed by atoms with Gasteiger partial charge >= 0.3 is 17.9 Å². The molecule has 0 bridgehead atoms. The number of halogens is 3. The van der Waals surface area contributed by atoms with Gasteiger partial charge in [-0.2, -0.15) is 18.2 Å². The normalized spacial score (nSPS) is 14.1. The number of carbonyl (C=O) groups excluding carboxylic acids is 2. The number of alkyl halides is 3. The molecule has 28 heavy (non-hydrogen) atoms. The van der Waals surface area contributed by atoms with Crippen molar-refractivity contribution >= 4 is 34.6 Å². The molecule has 3 rings (SSSR count). The van der Waals surface area contributed by atoms with E-state index in [2.05, 4.69) is 4.42 Å². The number of hydrazine groups is 1. The molecule has 2 aromatic rings. The first kappa shape index (κ1) is 20.7. The molecule has 1 aromatic carbocycles. The molecule has 1 aromatic heterocycles. The van der Waals surface area contributed by atoms with Gasteiger partial charge in [0, 0.05) is 36.0 Å². The Morgan fingerprint density at radius 3 is 2.21 bits per heavy atom. The highest BCUT2D eigenvalue weighted by molar-refractivity contribution is 6.02. The van der Waals surface area contributed by atoms with E-state index in [0.29, 0.717) is 6.07 Å². The smallest absolute Gasteiger partial charge is 0.452 e. The number of carbonyl (C=O) groups is 3. The zero-order valence-electron chi connectivity index (χ0n) is 13.8. The van der Waals surface area contributed by atoms with Crippen molar-refractivity contribution in [2.45, 2.75) is 19.0 Å². The van der Waals surface area contributed by atoms with Gasteiger partial charge < -0.3 is 15.3 Å². The molecule has 2 heterocycles. The maximum absolute atomic E-state index is 12.6. The van der Waals surface area contributed by atoms with E-state index in [-0.39, 0.29) is 34.5 Å². The van der Waals surface area contributed by atoms with Crippen LogP contribution in [0.1, 0.15) is 18.4 Å². The van der Waals surface area contributed by atoms with Crippen LogP contribution in [0.2, 0.25) is 0 Å². The van der Waals surface area contributed by atoms with Crippen LogP contribution in [0, 0.1) is 0 Å². The molecule has 0 radical (unpaired) electrons. The van der Waals surface area contributed by atoms with Crippen LogP contribution < -0.4 is 11.4 Å². The highest BCUT2D eigenvalue weighted by atomic mass is 19.4. The van der Waals surface area contributed by atoms with Crippen LogP contribution >= 0.6 is 0 Å². The van der Waals surface area contributed by atoms with Gasteiger partial charge in [-0.05, 0) is 12.1 Å². The van der Waals surface area contributed by atoms with E-state index in [9.17, 15) is 32.3 Å². The van der Waals surface area contributed by atoms with Crippen molar-refractivity contribution < 1.29 is 42.3 Å². The molecule has 0 spiro atoms. The van der Waals surface area contributed by atoms with Crippen LogP contribution in [-0.2, 0) is 15.8 Å². The number of fused-ring (bicyclic) bond motifs is 1. The Balaban J connectivity index is 0.000000209. The summed E-state index contributed by atoms with van der Waals surface area (Å²) in [6.45, 7) is 0. The van der Waals surface area contributed by atoms with Gasteiger partial charge in [0.2, 0.25) is 0 Å². The second-order valence-corrected chi connectivity index (χ2v) is 5.40. The summed E-state index contributed by atoms with van der Waals surface area (Å²) in [4.78, 5) is 42.6. The summed E-state index contributed by atoms with van der Waals surface area (Å²) in [5, 5.41) is 16.5. The van der Waals surface area contributed by atoms with Gasteiger partial charge in [-0.15, -0.1) is 0 Å². The lowest BCUT2D eigenvalue weighted by molar-refractivity contribution is -0.209. The molecule has 10 nitrogen and oxygen atoms in total. The van der Waals surface area contributed by atoms with E-state index in [1.807, 2.05) is 0 Å². The standard InChI is InChI=1S/C10H6F3NO2.C5H6N2O5/c11-10(12,13)7-4-9(15)16-8-3-5(14)1-2-6(7)8;8-3-1-2-4(9)6(3)7(12)5(10)11/h1-4H,14H2;12H,1-2H2,(H,10,11). The Labute approximate surface area is 153 Å². The highest BCUT2D eigenvalue weighted by Gasteiger charge is 2.36. The highest BCUT2D eigenvalue weighted by Crippen LogP contribution is 2.34. The van der Waals surface area contributed by atoms with Gasteiger partial charge in [-0.1, -0.05) is 5.17 Å². The van der Waals surface area contributed by atoms with Crippen molar-refractivity contribution in [1.82, 2.24) is 10.2 Å². The van der Waals surface area contributed by atoms with E-state index in [4.69, 9.17) is 16.0 Å². The summed E-state index contributed by atoms with van der Waals surface area (Å²) in [6, 6.07) is 4.11. The Hall–Kier alpha value is -3.61. The predicted octanol–water partition coefficient (Wildman–Crippen LogP) is 1.81. The first-order valence-corrected chi connectivity index (χ1v) is 7.40. The molecule has 0 aliphatic carbocycles. The maximum atomic E-state index is 12.6. The quantitative estimate of drug-likeness (QED) is 0.214. The van der Waals surface area contributed by atoms with Crippen molar-refractivity contribution in [3.63, 3.8) is 0 Å². The van der Waals surface area contributed by atoms with Crippen LogP contribution in [0.15, 0.2) is 33.5 Å². The minimum absolute atomic E-state index is 0.0663. The fraction of sp³-hybridized carbons (Fsp3) is 0.200. The molecule has 1 aliphatic heterocycles. The van der Waals surface area contributed by atoms with Crippen LogP contribution in [0.3, 0.4) is 0 Å². The van der Waals surface area contributed by atoms with Gasteiger partial charge in [-0.3, -0.25) is 14.8 Å². The van der Waals surface area contributed by atoms with Crippen LogP contribution in [0.5, 0.6) is 0 Å². The van der Waals surface area contributed by atoms with Crippen molar-refractivity contribution in [3.8, 4) is 0 Å². The molecule has 150 valence electrons. The zero-order chi connectivity index (χ0) is 21.2. The van der Waals surface area contributed by atoms with E-state index >= 15 is 0 Å². The summed E-state index contributed by atoms with van der Waals surface area (Å²) < 4.78 is 42.4.